The Bertz CT molecular complexity index is 1570. The molecule has 12 nitrogen and oxygen atoms in total. The van der Waals surface area contributed by atoms with E-state index in [-0.39, 0.29) is 22.3 Å². The number of alkyl halides is 1. The molecule has 3 atom stereocenters. The van der Waals surface area contributed by atoms with E-state index in [9.17, 15) is 9.65 Å². The van der Waals surface area contributed by atoms with Gasteiger partial charge in [-0.15, -0.1) is 23.1 Å². The van der Waals surface area contributed by atoms with Crippen molar-refractivity contribution in [2.24, 2.45) is 0 Å². The second-order valence-corrected chi connectivity index (χ2v) is 14.1. The fraction of sp³-hybridized carbons (Fsp3) is 0.556. The predicted octanol–water partition coefficient (Wildman–Crippen LogP) is 2.87. The van der Waals surface area contributed by atoms with Crippen LogP contribution in [0, 0.1) is 11.3 Å². The van der Waals surface area contributed by atoms with Gasteiger partial charge in [-0.1, -0.05) is 0 Å². The quantitative estimate of drug-likeness (QED) is 0.403. The molecule has 0 bridgehead atoms. The van der Waals surface area contributed by atoms with E-state index in [1.807, 2.05) is 30.6 Å². The number of anilines is 4. The number of hydrogen-bond donors (Lipinski definition) is 2. The third-order valence-corrected chi connectivity index (χ3v) is 11.8. The second-order valence-electron chi connectivity index (χ2n) is 11.6. The molecule has 3 fully saturated rings. The van der Waals surface area contributed by atoms with Crippen LogP contribution >= 0.6 is 23.1 Å². The zero-order valence-electron chi connectivity index (χ0n) is 23.5. The van der Waals surface area contributed by atoms with E-state index in [0.29, 0.717) is 66.6 Å². The summed E-state index contributed by atoms with van der Waals surface area (Å²) in [6.45, 7) is 4.87. The van der Waals surface area contributed by atoms with Crippen LogP contribution < -0.4 is 26.0 Å². The number of nitrogens with zero attached hydrogens (tertiary/aromatic N) is 9. The lowest BCUT2D eigenvalue weighted by molar-refractivity contribution is 0.107. The van der Waals surface area contributed by atoms with E-state index in [4.69, 9.17) is 26.2 Å². The predicted molar refractivity (Wildman–Crippen MR) is 160 cm³/mol. The van der Waals surface area contributed by atoms with Crippen LogP contribution in [0.4, 0.5) is 27.1 Å². The molecule has 7 heterocycles. The first-order chi connectivity index (χ1) is 20.2. The van der Waals surface area contributed by atoms with E-state index < -0.39 is 6.17 Å². The normalized spacial score (nSPS) is 24.7. The minimum atomic E-state index is -0.849. The number of fused-ring (bicyclic) bond motifs is 3. The van der Waals surface area contributed by atoms with Crippen LogP contribution in [-0.2, 0) is 10.5 Å². The molecule has 3 aromatic heterocycles. The van der Waals surface area contributed by atoms with E-state index in [1.165, 1.54) is 16.2 Å². The first kappa shape index (κ1) is 27.4. The third-order valence-electron chi connectivity index (χ3n) is 9.10. The standard InChI is InChI=1S/C27H32FN11OS2/c1-15(20-21(30)33-6-5-32-20)37(2)23-34-24(36-25(35-23)40-14-26-4-3-7-39(26)10-16(28)8-26)38-12-27(13-38)19-17(9-29)22(31)42-18(19)11-41-27/h5-6,15-16H,3-4,7-8,10-14,31H2,1-2H3,(H2,30,33)/t15?,16-,26+/m1/s1. The molecule has 1 unspecified atom stereocenters. The lowest BCUT2D eigenvalue weighted by Crippen LogP contribution is -2.57. The molecule has 1 spiro atoms. The van der Waals surface area contributed by atoms with Crippen molar-refractivity contribution in [2.75, 3.05) is 61.1 Å². The Morgan fingerprint density at radius 3 is 2.86 bits per heavy atom. The Kier molecular flexibility index (Phi) is 6.55. The van der Waals surface area contributed by atoms with Crippen molar-refractivity contribution in [3.63, 3.8) is 0 Å². The van der Waals surface area contributed by atoms with Crippen molar-refractivity contribution in [1.82, 2.24) is 29.8 Å². The maximum Gasteiger partial charge on any atom is 0.323 e. The summed E-state index contributed by atoms with van der Waals surface area (Å²) in [5, 5.41) is 10.4. The Labute approximate surface area is 251 Å². The van der Waals surface area contributed by atoms with Crippen LogP contribution in [0.3, 0.4) is 0 Å². The van der Waals surface area contributed by atoms with Crippen molar-refractivity contribution >= 4 is 45.8 Å². The fourth-order valence-electron chi connectivity index (χ4n) is 6.81. The highest BCUT2D eigenvalue weighted by atomic mass is 32.2. The van der Waals surface area contributed by atoms with Gasteiger partial charge in [0.1, 0.15) is 35.4 Å². The van der Waals surface area contributed by atoms with Gasteiger partial charge >= 0.3 is 6.01 Å². The molecule has 0 amide bonds. The summed E-state index contributed by atoms with van der Waals surface area (Å²) in [5.74, 6) is 2.07. The summed E-state index contributed by atoms with van der Waals surface area (Å²) in [5.41, 5.74) is 14.2. The molecule has 3 saturated heterocycles. The SMILES string of the molecule is CC(c1nccnc1N)N(C)c1nc(OC[C@@]23CCCN2C[C@H](F)C3)nc(N2CC3(C2)SCc2sc(N)c(C#N)c23)n1. The number of thioether (sulfide) groups is 1. The molecule has 0 saturated carbocycles. The van der Waals surface area contributed by atoms with Gasteiger partial charge in [-0.05, 0) is 26.3 Å². The monoisotopic (exact) mass is 609 g/mol. The summed E-state index contributed by atoms with van der Waals surface area (Å²) in [6.07, 6.45) is 4.69. The highest BCUT2D eigenvalue weighted by Gasteiger charge is 2.53. The van der Waals surface area contributed by atoms with Crippen molar-refractivity contribution in [3.8, 4) is 12.1 Å². The lowest BCUT2D eigenvalue weighted by Gasteiger charge is -2.47. The maximum atomic E-state index is 14.4. The molecule has 0 radical (unpaired) electrons. The second kappa shape index (κ2) is 10.1. The number of nitrogen functional groups attached to an aromatic ring is 2. The van der Waals surface area contributed by atoms with Crippen molar-refractivity contribution in [2.45, 2.75) is 54.4 Å². The zero-order valence-corrected chi connectivity index (χ0v) is 25.1. The van der Waals surface area contributed by atoms with Crippen molar-refractivity contribution in [3.05, 3.63) is 34.1 Å². The fourth-order valence-corrected chi connectivity index (χ4v) is 9.62. The molecule has 42 heavy (non-hydrogen) atoms. The van der Waals surface area contributed by atoms with Gasteiger partial charge in [0.2, 0.25) is 11.9 Å². The van der Waals surface area contributed by atoms with Crippen LogP contribution in [0.15, 0.2) is 12.4 Å². The van der Waals surface area contributed by atoms with Gasteiger partial charge in [0, 0.05) is 61.7 Å². The van der Waals surface area contributed by atoms with Gasteiger partial charge in [0.05, 0.1) is 21.9 Å². The highest BCUT2D eigenvalue weighted by molar-refractivity contribution is 8.00. The number of nitrogens with two attached hydrogens (primary N) is 2. The van der Waals surface area contributed by atoms with Crippen LogP contribution in [0.2, 0.25) is 0 Å². The Balaban J connectivity index is 1.19. The largest absolute Gasteiger partial charge is 0.461 e. The van der Waals surface area contributed by atoms with Gasteiger partial charge in [-0.25, -0.2) is 9.37 Å². The summed E-state index contributed by atoms with van der Waals surface area (Å²) in [6, 6.07) is 2.23. The lowest BCUT2D eigenvalue weighted by atomic mass is 9.88. The number of hydrogen-bond acceptors (Lipinski definition) is 14. The molecular weight excluding hydrogens is 578 g/mol. The van der Waals surface area contributed by atoms with E-state index in [1.54, 1.807) is 12.4 Å². The molecule has 4 aliphatic heterocycles. The van der Waals surface area contributed by atoms with E-state index in [2.05, 4.69) is 30.8 Å². The number of thiophene rings is 1. The first-order valence-electron chi connectivity index (χ1n) is 14.0. The van der Waals surface area contributed by atoms with Crippen LogP contribution in [0.5, 0.6) is 6.01 Å². The zero-order chi connectivity index (χ0) is 29.2. The molecule has 0 aliphatic carbocycles. The molecule has 3 aromatic rings. The number of halogens is 1. The minimum absolute atomic E-state index is 0.197. The summed E-state index contributed by atoms with van der Waals surface area (Å²) >= 11 is 3.35. The van der Waals surface area contributed by atoms with Gasteiger partial charge in [-0.3, -0.25) is 9.88 Å². The third kappa shape index (κ3) is 4.30. The molecular formula is C27H32FN11OS2. The Morgan fingerprint density at radius 1 is 1.26 bits per heavy atom. The molecule has 220 valence electrons. The molecule has 4 aliphatic rings. The van der Waals surface area contributed by atoms with E-state index in [0.717, 1.165) is 30.7 Å². The average molecular weight is 610 g/mol. The van der Waals surface area contributed by atoms with Crippen LogP contribution in [-0.4, -0.2) is 81.4 Å². The molecule has 0 aromatic carbocycles. The summed E-state index contributed by atoms with van der Waals surface area (Å²) < 4.78 is 20.4. The average Bonchev–Trinajstić information content (AvgIpc) is 3.68. The number of aromatic nitrogens is 5. The summed E-state index contributed by atoms with van der Waals surface area (Å²) in [4.78, 5) is 30.2. The van der Waals surface area contributed by atoms with Gasteiger partial charge in [-0.2, -0.15) is 20.2 Å². The topological polar surface area (TPSA) is 159 Å². The minimum Gasteiger partial charge on any atom is -0.461 e. The number of ether oxygens (including phenoxy) is 1. The van der Waals surface area contributed by atoms with Crippen molar-refractivity contribution in [1.29, 1.82) is 5.26 Å². The summed E-state index contributed by atoms with van der Waals surface area (Å²) in [7, 11) is 1.87. The number of nitriles is 1. The van der Waals surface area contributed by atoms with Crippen LogP contribution in [0.25, 0.3) is 0 Å². The molecule has 7 rings (SSSR count). The maximum absolute atomic E-state index is 14.4. The highest BCUT2D eigenvalue weighted by Crippen LogP contribution is 2.57. The van der Waals surface area contributed by atoms with E-state index >= 15 is 0 Å². The van der Waals surface area contributed by atoms with Gasteiger partial charge in [0.25, 0.3) is 0 Å². The smallest absolute Gasteiger partial charge is 0.323 e. The van der Waals surface area contributed by atoms with Gasteiger partial charge < -0.3 is 26.0 Å². The Morgan fingerprint density at radius 2 is 2.07 bits per heavy atom. The Hall–Kier alpha value is -3.48. The molecule has 4 N–H and O–H groups in total. The van der Waals surface area contributed by atoms with Gasteiger partial charge in [0.15, 0.2) is 0 Å². The van der Waals surface area contributed by atoms with Crippen molar-refractivity contribution < 1.29 is 9.13 Å². The molecule has 15 heteroatoms. The first-order valence-corrected chi connectivity index (χ1v) is 15.8. The van der Waals surface area contributed by atoms with Crippen LogP contribution in [0.1, 0.15) is 53.9 Å². The number of rotatable bonds is 7.